The highest BCUT2D eigenvalue weighted by atomic mass is 16.7. The molecule has 1 saturated heterocycles. The lowest BCUT2D eigenvalue weighted by Crippen LogP contribution is -2.24. The van der Waals surface area contributed by atoms with Crippen molar-refractivity contribution in [1.29, 1.82) is 0 Å². The fourth-order valence-electron chi connectivity index (χ4n) is 3.25. The molecule has 6 nitrogen and oxygen atoms in total. The van der Waals surface area contributed by atoms with Crippen molar-refractivity contribution in [2.24, 2.45) is 0 Å². The first-order chi connectivity index (χ1) is 10.8. The highest BCUT2D eigenvalue weighted by Gasteiger charge is 2.27. The first-order valence-electron chi connectivity index (χ1n) is 7.54. The van der Waals surface area contributed by atoms with Gasteiger partial charge < -0.3 is 24.5 Å². The van der Waals surface area contributed by atoms with Gasteiger partial charge in [0.1, 0.15) is 5.82 Å². The fraction of sp³-hybridized carbons (Fsp3) is 0.438. The molecule has 1 aromatic carbocycles. The minimum Gasteiger partial charge on any atom is -0.454 e. The molecule has 1 aromatic heterocycles. The Morgan fingerprint density at radius 3 is 2.95 bits per heavy atom. The topological polar surface area (TPSA) is 68.5 Å². The number of imidazole rings is 1. The molecule has 6 heteroatoms. The zero-order chi connectivity index (χ0) is 15.1. The molecule has 2 atom stereocenters. The molecule has 22 heavy (non-hydrogen) atoms. The van der Waals surface area contributed by atoms with Crippen LogP contribution in [-0.4, -0.2) is 40.6 Å². The molecule has 0 saturated carbocycles. The second-order valence-electron chi connectivity index (χ2n) is 5.86. The van der Waals surface area contributed by atoms with Gasteiger partial charge >= 0.3 is 0 Å². The van der Waals surface area contributed by atoms with Gasteiger partial charge in [-0.05, 0) is 31.0 Å². The van der Waals surface area contributed by atoms with Crippen molar-refractivity contribution in [2.45, 2.75) is 25.4 Å². The number of hydrogen-bond donors (Lipinski definition) is 2. The lowest BCUT2D eigenvalue weighted by molar-refractivity contribution is 0.174. The number of aromatic nitrogens is 2. The molecule has 0 amide bonds. The van der Waals surface area contributed by atoms with E-state index in [9.17, 15) is 5.11 Å². The van der Waals surface area contributed by atoms with E-state index in [1.807, 2.05) is 24.5 Å². The molecular weight excluding hydrogens is 282 g/mol. The molecule has 0 radical (unpaired) electrons. The molecule has 0 spiro atoms. The van der Waals surface area contributed by atoms with E-state index < -0.39 is 0 Å². The summed E-state index contributed by atoms with van der Waals surface area (Å²) in [6.07, 6.45) is 4.74. The van der Waals surface area contributed by atoms with E-state index in [0.717, 1.165) is 41.4 Å². The van der Waals surface area contributed by atoms with Crippen LogP contribution in [-0.2, 0) is 0 Å². The molecule has 2 aromatic rings. The SMILES string of the molecule is Cc1cc2c(cc1-c1nccn1[C@H]1CN[C@H](CO)C1)OCO2. The van der Waals surface area contributed by atoms with Crippen LogP contribution in [0.3, 0.4) is 0 Å². The quantitative estimate of drug-likeness (QED) is 0.899. The van der Waals surface area contributed by atoms with Gasteiger partial charge in [0.2, 0.25) is 6.79 Å². The lowest BCUT2D eigenvalue weighted by Gasteiger charge is -2.16. The van der Waals surface area contributed by atoms with Crippen molar-refractivity contribution in [1.82, 2.24) is 14.9 Å². The smallest absolute Gasteiger partial charge is 0.231 e. The van der Waals surface area contributed by atoms with Gasteiger partial charge in [0, 0.05) is 36.6 Å². The number of aliphatic hydroxyl groups excluding tert-OH is 1. The van der Waals surface area contributed by atoms with Crippen LogP contribution in [0, 0.1) is 6.92 Å². The zero-order valence-corrected chi connectivity index (χ0v) is 12.5. The third-order valence-electron chi connectivity index (χ3n) is 4.44. The molecule has 0 bridgehead atoms. The third-order valence-corrected chi connectivity index (χ3v) is 4.44. The molecule has 2 aliphatic heterocycles. The van der Waals surface area contributed by atoms with E-state index in [2.05, 4.69) is 21.8 Å². The van der Waals surface area contributed by atoms with E-state index in [1.54, 1.807) is 0 Å². The van der Waals surface area contributed by atoms with Crippen LogP contribution < -0.4 is 14.8 Å². The number of rotatable bonds is 3. The average molecular weight is 301 g/mol. The number of benzene rings is 1. The van der Waals surface area contributed by atoms with Crippen LogP contribution in [0.4, 0.5) is 0 Å². The summed E-state index contributed by atoms with van der Waals surface area (Å²) in [5.74, 6) is 2.50. The Kier molecular flexibility index (Phi) is 3.28. The largest absolute Gasteiger partial charge is 0.454 e. The van der Waals surface area contributed by atoms with E-state index in [0.29, 0.717) is 6.04 Å². The van der Waals surface area contributed by atoms with Gasteiger partial charge in [0.25, 0.3) is 0 Å². The van der Waals surface area contributed by atoms with Crippen LogP contribution in [0.5, 0.6) is 11.5 Å². The van der Waals surface area contributed by atoms with Gasteiger partial charge in [-0.25, -0.2) is 4.98 Å². The van der Waals surface area contributed by atoms with Gasteiger partial charge in [-0.1, -0.05) is 0 Å². The minimum absolute atomic E-state index is 0.165. The van der Waals surface area contributed by atoms with Crippen LogP contribution in [0.15, 0.2) is 24.5 Å². The van der Waals surface area contributed by atoms with E-state index >= 15 is 0 Å². The number of nitrogens with zero attached hydrogens (tertiary/aromatic N) is 2. The Labute approximate surface area is 128 Å². The van der Waals surface area contributed by atoms with Gasteiger partial charge in [-0.2, -0.15) is 0 Å². The maximum Gasteiger partial charge on any atom is 0.231 e. The van der Waals surface area contributed by atoms with E-state index in [1.165, 1.54) is 0 Å². The summed E-state index contributed by atoms with van der Waals surface area (Å²) in [6.45, 7) is 3.35. The molecule has 0 aliphatic carbocycles. The summed E-state index contributed by atoms with van der Waals surface area (Å²) in [5, 5.41) is 12.6. The lowest BCUT2D eigenvalue weighted by atomic mass is 10.1. The Hall–Kier alpha value is -2.05. The summed E-state index contributed by atoms with van der Waals surface area (Å²) >= 11 is 0. The Bertz CT molecular complexity index is 698. The number of fused-ring (bicyclic) bond motifs is 1. The number of nitrogens with one attached hydrogen (secondary N) is 1. The highest BCUT2D eigenvalue weighted by Crippen LogP contribution is 2.38. The monoisotopic (exact) mass is 301 g/mol. The summed E-state index contributed by atoms with van der Waals surface area (Å²) < 4.78 is 13.1. The van der Waals surface area contributed by atoms with E-state index in [4.69, 9.17) is 9.47 Å². The van der Waals surface area contributed by atoms with Crippen LogP contribution in [0.1, 0.15) is 18.0 Å². The predicted octanol–water partition coefficient (Wildman–Crippen LogP) is 1.48. The number of hydrogen-bond acceptors (Lipinski definition) is 5. The van der Waals surface area contributed by atoms with Gasteiger partial charge in [0.15, 0.2) is 11.5 Å². The van der Waals surface area contributed by atoms with Gasteiger partial charge in [-0.15, -0.1) is 0 Å². The first kappa shape index (κ1) is 13.6. The van der Waals surface area contributed by atoms with E-state index in [-0.39, 0.29) is 19.4 Å². The summed E-state index contributed by atoms with van der Waals surface area (Å²) in [7, 11) is 0. The Balaban J connectivity index is 1.71. The zero-order valence-electron chi connectivity index (χ0n) is 12.5. The molecule has 1 fully saturated rings. The third kappa shape index (κ3) is 2.15. The second kappa shape index (κ2) is 5.30. The summed E-state index contributed by atoms with van der Waals surface area (Å²) in [4.78, 5) is 4.54. The number of aliphatic hydroxyl groups is 1. The standard InChI is InChI=1S/C16H19N3O3/c1-10-4-14-15(22-9-21-14)6-13(10)16-17-2-3-19(16)12-5-11(8-20)18-7-12/h2-4,6,11-12,18,20H,5,7-9H2,1H3/t11-,12+/m0/s1. The van der Waals surface area contributed by atoms with Crippen molar-refractivity contribution in [2.75, 3.05) is 19.9 Å². The molecule has 2 aliphatic rings. The normalized spacial score (nSPS) is 23.2. The molecule has 2 N–H and O–H groups in total. The highest BCUT2D eigenvalue weighted by molar-refractivity contribution is 5.66. The Morgan fingerprint density at radius 2 is 2.18 bits per heavy atom. The van der Waals surface area contributed by atoms with Crippen LogP contribution in [0.25, 0.3) is 11.4 Å². The van der Waals surface area contributed by atoms with Crippen molar-refractivity contribution in [3.05, 3.63) is 30.1 Å². The second-order valence-corrected chi connectivity index (χ2v) is 5.86. The van der Waals surface area contributed by atoms with Gasteiger partial charge in [-0.3, -0.25) is 0 Å². The minimum atomic E-state index is 0.165. The van der Waals surface area contributed by atoms with Crippen LogP contribution in [0.2, 0.25) is 0 Å². The number of aryl methyl sites for hydroxylation is 1. The predicted molar refractivity (Wildman–Crippen MR) is 81.1 cm³/mol. The van der Waals surface area contributed by atoms with Crippen molar-refractivity contribution < 1.29 is 14.6 Å². The van der Waals surface area contributed by atoms with Crippen molar-refractivity contribution in [3.8, 4) is 22.9 Å². The average Bonchev–Trinajstić information content (AvgIpc) is 3.25. The maximum absolute atomic E-state index is 9.30. The van der Waals surface area contributed by atoms with Crippen molar-refractivity contribution in [3.63, 3.8) is 0 Å². The first-order valence-corrected chi connectivity index (χ1v) is 7.54. The Morgan fingerprint density at radius 1 is 1.36 bits per heavy atom. The fourth-order valence-corrected chi connectivity index (χ4v) is 3.25. The molecule has 4 rings (SSSR count). The van der Waals surface area contributed by atoms with Crippen LogP contribution >= 0.6 is 0 Å². The number of ether oxygens (including phenoxy) is 2. The summed E-state index contributed by atoms with van der Waals surface area (Å²) in [5.41, 5.74) is 2.17. The maximum atomic E-state index is 9.30. The van der Waals surface area contributed by atoms with Crippen molar-refractivity contribution >= 4 is 0 Å². The molecule has 3 heterocycles. The molecule has 0 unspecified atom stereocenters. The molecule has 116 valence electrons. The summed E-state index contributed by atoms with van der Waals surface area (Å²) in [6, 6.07) is 4.47. The molecular formula is C16H19N3O3. The van der Waals surface area contributed by atoms with Gasteiger partial charge in [0.05, 0.1) is 6.61 Å².